The molecule has 0 aromatic heterocycles. The van der Waals surface area contributed by atoms with Gasteiger partial charge in [-0.2, -0.15) is 0 Å². The van der Waals surface area contributed by atoms with Crippen molar-refractivity contribution in [3.63, 3.8) is 0 Å². The summed E-state index contributed by atoms with van der Waals surface area (Å²) in [5.74, 6) is -0.107. The summed E-state index contributed by atoms with van der Waals surface area (Å²) in [5.41, 5.74) is 2.18. The van der Waals surface area contributed by atoms with Crippen molar-refractivity contribution in [3.8, 4) is 0 Å². The quantitative estimate of drug-likeness (QED) is 0.897. The van der Waals surface area contributed by atoms with Gasteiger partial charge in [-0.15, -0.1) is 0 Å². The lowest BCUT2D eigenvalue weighted by Crippen LogP contribution is -2.31. The van der Waals surface area contributed by atoms with Gasteiger partial charge in [0, 0.05) is 11.7 Å². The molecular weight excluding hydrogens is 272 g/mol. The zero-order chi connectivity index (χ0) is 14.8. The molecule has 1 aromatic rings. The lowest BCUT2D eigenvalue weighted by Gasteiger charge is -2.36. The van der Waals surface area contributed by atoms with E-state index in [0.29, 0.717) is 11.5 Å². The van der Waals surface area contributed by atoms with E-state index in [0.717, 1.165) is 11.3 Å². The van der Waals surface area contributed by atoms with Gasteiger partial charge in [-0.05, 0) is 42.4 Å². The number of primary sulfonamides is 1. The summed E-state index contributed by atoms with van der Waals surface area (Å²) in [5, 5.41) is 8.59. The van der Waals surface area contributed by atoms with Crippen molar-refractivity contribution >= 4 is 15.7 Å². The molecule has 1 aliphatic rings. The summed E-state index contributed by atoms with van der Waals surface area (Å²) in [7, 11) is -3.45. The molecule has 0 saturated heterocycles. The van der Waals surface area contributed by atoms with Gasteiger partial charge in [-0.3, -0.25) is 0 Å². The summed E-state index contributed by atoms with van der Waals surface area (Å²) in [6.07, 6.45) is 4.92. The molecule has 1 saturated carbocycles. The van der Waals surface area contributed by atoms with Crippen LogP contribution < -0.4 is 10.5 Å². The first-order valence-electron chi connectivity index (χ1n) is 7.09. The molecule has 0 aliphatic heterocycles. The Kier molecular flexibility index (Phi) is 4.39. The highest BCUT2D eigenvalue weighted by Crippen LogP contribution is 2.36. The molecule has 0 radical (unpaired) electrons. The summed E-state index contributed by atoms with van der Waals surface area (Å²) in [6, 6.07) is 8.01. The van der Waals surface area contributed by atoms with Crippen molar-refractivity contribution in [2.45, 2.75) is 51.3 Å². The van der Waals surface area contributed by atoms with Crippen molar-refractivity contribution in [1.82, 2.24) is 0 Å². The number of nitrogens with one attached hydrogen (secondary N) is 1. The smallest absolute Gasteiger partial charge is 0.213 e. The largest absolute Gasteiger partial charge is 0.382 e. The molecule has 2 rings (SSSR count). The van der Waals surface area contributed by atoms with Gasteiger partial charge in [0.2, 0.25) is 10.0 Å². The number of sulfonamides is 1. The summed E-state index contributed by atoms with van der Waals surface area (Å²) < 4.78 is 22.1. The van der Waals surface area contributed by atoms with Crippen molar-refractivity contribution in [2.24, 2.45) is 10.6 Å². The highest BCUT2D eigenvalue weighted by Gasteiger charge is 2.27. The summed E-state index contributed by atoms with van der Waals surface area (Å²) in [6.45, 7) is 4.63. The van der Waals surface area contributed by atoms with Crippen LogP contribution in [0.3, 0.4) is 0 Å². The molecule has 0 spiro atoms. The first-order chi connectivity index (χ1) is 9.23. The first-order valence-corrected chi connectivity index (χ1v) is 8.81. The molecule has 1 aliphatic carbocycles. The lowest BCUT2D eigenvalue weighted by atomic mass is 9.75. The SMILES string of the molecule is CC1(C)CCCC(Nc2ccc(CS(N)(=O)=O)cc2)C1. The number of anilines is 1. The number of nitrogens with two attached hydrogens (primary N) is 1. The van der Waals surface area contributed by atoms with E-state index in [2.05, 4.69) is 19.2 Å². The Balaban J connectivity index is 1.97. The summed E-state index contributed by atoms with van der Waals surface area (Å²) in [4.78, 5) is 0. The maximum atomic E-state index is 11.0. The third-order valence-corrected chi connectivity index (χ3v) is 4.63. The second-order valence-corrected chi connectivity index (χ2v) is 8.22. The molecular formula is C15H24N2O2S. The van der Waals surface area contributed by atoms with Crippen LogP contribution in [0.25, 0.3) is 0 Å². The van der Waals surface area contributed by atoms with Gasteiger partial charge in [-0.1, -0.05) is 32.4 Å². The van der Waals surface area contributed by atoms with Crippen LogP contribution in [0.4, 0.5) is 5.69 Å². The standard InChI is InChI=1S/C15H24N2O2S/c1-15(2)9-3-4-14(10-15)17-13-7-5-12(6-8-13)11-20(16,18)19/h5-8,14,17H,3-4,9-11H2,1-2H3,(H2,16,18,19). The van der Waals surface area contributed by atoms with Gasteiger partial charge >= 0.3 is 0 Å². The maximum absolute atomic E-state index is 11.0. The Morgan fingerprint density at radius 2 is 1.95 bits per heavy atom. The average molecular weight is 296 g/mol. The fraction of sp³-hybridized carbons (Fsp3) is 0.600. The number of hydrogen-bond donors (Lipinski definition) is 2. The fourth-order valence-corrected chi connectivity index (χ4v) is 3.64. The topological polar surface area (TPSA) is 72.2 Å². The van der Waals surface area contributed by atoms with E-state index in [-0.39, 0.29) is 5.75 Å². The van der Waals surface area contributed by atoms with E-state index in [9.17, 15) is 8.42 Å². The third-order valence-electron chi connectivity index (χ3n) is 3.90. The van der Waals surface area contributed by atoms with Crippen LogP contribution in [0.15, 0.2) is 24.3 Å². The molecule has 0 bridgehead atoms. The van der Waals surface area contributed by atoms with Gasteiger partial charge in [0.15, 0.2) is 0 Å². The Hall–Kier alpha value is -1.07. The van der Waals surface area contributed by atoms with E-state index < -0.39 is 10.0 Å². The number of hydrogen-bond acceptors (Lipinski definition) is 3. The van der Waals surface area contributed by atoms with E-state index >= 15 is 0 Å². The van der Waals surface area contributed by atoms with Crippen molar-refractivity contribution in [3.05, 3.63) is 29.8 Å². The molecule has 1 fully saturated rings. The number of rotatable bonds is 4. The lowest BCUT2D eigenvalue weighted by molar-refractivity contribution is 0.229. The minimum absolute atomic E-state index is 0.107. The van der Waals surface area contributed by atoms with Gasteiger partial charge in [0.1, 0.15) is 0 Å². The number of benzene rings is 1. The predicted molar refractivity (Wildman–Crippen MR) is 82.9 cm³/mol. The van der Waals surface area contributed by atoms with Crippen LogP contribution in [0.2, 0.25) is 0 Å². The van der Waals surface area contributed by atoms with Crippen LogP contribution in [0.1, 0.15) is 45.1 Å². The third kappa shape index (κ3) is 4.80. The van der Waals surface area contributed by atoms with Crippen molar-refractivity contribution < 1.29 is 8.42 Å². The minimum Gasteiger partial charge on any atom is -0.382 e. The molecule has 1 aromatic carbocycles. The average Bonchev–Trinajstić information content (AvgIpc) is 2.28. The predicted octanol–water partition coefficient (Wildman–Crippen LogP) is 2.86. The van der Waals surface area contributed by atoms with E-state index in [1.807, 2.05) is 24.3 Å². The van der Waals surface area contributed by atoms with Gasteiger partial charge < -0.3 is 5.32 Å². The molecule has 20 heavy (non-hydrogen) atoms. The van der Waals surface area contributed by atoms with Crippen LogP contribution in [-0.4, -0.2) is 14.5 Å². The molecule has 0 heterocycles. The Morgan fingerprint density at radius 3 is 2.50 bits per heavy atom. The van der Waals surface area contributed by atoms with Crippen LogP contribution in [0, 0.1) is 5.41 Å². The molecule has 0 amide bonds. The highest BCUT2D eigenvalue weighted by atomic mass is 32.2. The minimum atomic E-state index is -3.45. The van der Waals surface area contributed by atoms with Crippen LogP contribution >= 0.6 is 0 Å². The molecule has 5 heteroatoms. The van der Waals surface area contributed by atoms with Gasteiger partial charge in [-0.25, -0.2) is 13.6 Å². The van der Waals surface area contributed by atoms with Gasteiger partial charge in [0.05, 0.1) is 5.75 Å². The second kappa shape index (κ2) is 5.74. The molecule has 4 nitrogen and oxygen atoms in total. The molecule has 112 valence electrons. The zero-order valence-corrected chi connectivity index (χ0v) is 13.0. The normalized spacial score (nSPS) is 22.4. The Morgan fingerprint density at radius 1 is 1.30 bits per heavy atom. The fourth-order valence-electron chi connectivity index (χ4n) is 2.99. The van der Waals surface area contributed by atoms with E-state index in [1.54, 1.807) is 0 Å². The molecule has 1 atom stereocenters. The van der Waals surface area contributed by atoms with Crippen LogP contribution in [-0.2, 0) is 15.8 Å². The van der Waals surface area contributed by atoms with Crippen LogP contribution in [0.5, 0.6) is 0 Å². The molecule has 1 unspecified atom stereocenters. The summed E-state index contributed by atoms with van der Waals surface area (Å²) >= 11 is 0. The van der Waals surface area contributed by atoms with Gasteiger partial charge in [0.25, 0.3) is 0 Å². The monoisotopic (exact) mass is 296 g/mol. The first kappa shape index (κ1) is 15.3. The Bertz CT molecular complexity index is 550. The van der Waals surface area contributed by atoms with E-state index in [1.165, 1.54) is 25.7 Å². The molecule has 3 N–H and O–H groups in total. The second-order valence-electron chi connectivity index (χ2n) is 6.61. The van der Waals surface area contributed by atoms with Crippen molar-refractivity contribution in [2.75, 3.05) is 5.32 Å². The van der Waals surface area contributed by atoms with Crippen molar-refractivity contribution in [1.29, 1.82) is 0 Å². The highest BCUT2D eigenvalue weighted by molar-refractivity contribution is 7.88. The maximum Gasteiger partial charge on any atom is 0.213 e. The Labute approximate surface area is 121 Å². The van der Waals surface area contributed by atoms with E-state index in [4.69, 9.17) is 5.14 Å². The zero-order valence-electron chi connectivity index (χ0n) is 12.2.